The summed E-state index contributed by atoms with van der Waals surface area (Å²) in [7, 11) is 0. The molecule has 0 bridgehead atoms. The molecule has 0 spiro atoms. The molecule has 1 aromatic carbocycles. The normalized spacial score (nSPS) is 13.7. The van der Waals surface area contributed by atoms with Crippen LogP contribution in [0.4, 0.5) is 0 Å². The fraction of sp³-hybridized carbons (Fsp3) is 0.345. The molecule has 17 nitrogen and oxygen atoms in total. The summed E-state index contributed by atoms with van der Waals surface area (Å²) >= 11 is 0. The van der Waals surface area contributed by atoms with E-state index in [1.165, 1.54) is 25.0 Å². The number of benzene rings is 1. The van der Waals surface area contributed by atoms with Crippen molar-refractivity contribution >= 4 is 40.6 Å². The number of rotatable bonds is 17. The number of aromatic amines is 3. The second kappa shape index (κ2) is 15.8. The number of nitrogens with two attached hydrogens (primary N) is 3. The smallest absolute Gasteiger partial charge is 0.326 e. The molecular formula is C29H38N12O5. The maximum atomic E-state index is 13.7. The summed E-state index contributed by atoms with van der Waals surface area (Å²) in [5.41, 5.74) is 19.3. The Morgan fingerprint density at radius 1 is 0.826 bits per heavy atom. The zero-order valence-electron chi connectivity index (χ0n) is 24.9. The van der Waals surface area contributed by atoms with Gasteiger partial charge in [0.25, 0.3) is 0 Å². The third kappa shape index (κ3) is 9.39. The number of carboxylic acids is 1. The number of hydrogen-bond donors (Lipinski definition) is 10. The molecule has 3 amide bonds. The summed E-state index contributed by atoms with van der Waals surface area (Å²) in [6.07, 6.45) is 8.17. The van der Waals surface area contributed by atoms with Crippen LogP contribution in [0, 0.1) is 0 Å². The first-order valence-electron chi connectivity index (χ1n) is 14.5. The van der Waals surface area contributed by atoms with Gasteiger partial charge in [0.2, 0.25) is 17.7 Å². The number of fused-ring (bicyclic) bond motifs is 1. The van der Waals surface area contributed by atoms with E-state index in [0.29, 0.717) is 23.4 Å². The van der Waals surface area contributed by atoms with Gasteiger partial charge >= 0.3 is 5.97 Å². The summed E-state index contributed by atoms with van der Waals surface area (Å²) in [5.74, 6) is -3.35. The van der Waals surface area contributed by atoms with Crippen molar-refractivity contribution in [3.8, 4) is 0 Å². The van der Waals surface area contributed by atoms with Crippen LogP contribution in [0.1, 0.15) is 29.8 Å². The molecule has 0 saturated heterocycles. The topological polar surface area (TPSA) is 288 Å². The van der Waals surface area contributed by atoms with Gasteiger partial charge in [-0.2, -0.15) is 0 Å². The van der Waals surface area contributed by atoms with Crippen LogP contribution in [0.5, 0.6) is 0 Å². The molecule has 3 aromatic heterocycles. The van der Waals surface area contributed by atoms with Crippen molar-refractivity contribution in [2.24, 2.45) is 22.2 Å². The monoisotopic (exact) mass is 634 g/mol. The number of amides is 3. The van der Waals surface area contributed by atoms with Crippen LogP contribution < -0.4 is 33.2 Å². The van der Waals surface area contributed by atoms with E-state index in [0.717, 1.165) is 10.9 Å². The Kier molecular flexibility index (Phi) is 11.4. The molecule has 4 rings (SSSR count). The molecule has 4 atom stereocenters. The molecule has 46 heavy (non-hydrogen) atoms. The Labute approximate surface area is 263 Å². The van der Waals surface area contributed by atoms with Crippen LogP contribution in [0.2, 0.25) is 0 Å². The number of aromatic nitrogens is 5. The number of H-pyrrole nitrogens is 3. The first-order chi connectivity index (χ1) is 22.1. The third-order valence-corrected chi connectivity index (χ3v) is 7.24. The van der Waals surface area contributed by atoms with Crippen LogP contribution in [0.3, 0.4) is 0 Å². The number of guanidine groups is 1. The van der Waals surface area contributed by atoms with Crippen LogP contribution in [-0.2, 0) is 38.4 Å². The molecule has 0 aliphatic carbocycles. The average molecular weight is 635 g/mol. The Morgan fingerprint density at radius 3 is 1.98 bits per heavy atom. The minimum atomic E-state index is -1.30. The highest BCUT2D eigenvalue weighted by Crippen LogP contribution is 2.19. The zero-order chi connectivity index (χ0) is 33.1. The van der Waals surface area contributed by atoms with Gasteiger partial charge < -0.3 is 53.2 Å². The van der Waals surface area contributed by atoms with Crippen molar-refractivity contribution in [1.29, 1.82) is 0 Å². The van der Waals surface area contributed by atoms with E-state index >= 15 is 0 Å². The third-order valence-electron chi connectivity index (χ3n) is 7.24. The van der Waals surface area contributed by atoms with Gasteiger partial charge in [0, 0.05) is 66.7 Å². The summed E-state index contributed by atoms with van der Waals surface area (Å²) < 4.78 is 0. The molecule has 0 aliphatic heterocycles. The van der Waals surface area contributed by atoms with E-state index in [1.54, 1.807) is 6.20 Å². The minimum absolute atomic E-state index is 0.00457. The number of hydrogen-bond acceptors (Lipinski definition) is 8. The average Bonchev–Trinajstić information content (AvgIpc) is 3.81. The maximum Gasteiger partial charge on any atom is 0.326 e. The van der Waals surface area contributed by atoms with E-state index in [1.807, 2.05) is 24.3 Å². The lowest BCUT2D eigenvalue weighted by Crippen LogP contribution is -2.58. The molecule has 0 saturated carbocycles. The Bertz CT molecular complexity index is 1630. The van der Waals surface area contributed by atoms with Crippen LogP contribution in [-0.4, -0.2) is 90.4 Å². The van der Waals surface area contributed by atoms with Crippen molar-refractivity contribution in [3.05, 3.63) is 72.5 Å². The highest BCUT2D eigenvalue weighted by molar-refractivity contribution is 5.94. The van der Waals surface area contributed by atoms with Gasteiger partial charge in [-0.05, 0) is 24.5 Å². The number of aliphatic carboxylic acids is 1. The molecule has 13 N–H and O–H groups in total. The van der Waals surface area contributed by atoms with E-state index < -0.39 is 47.9 Å². The van der Waals surface area contributed by atoms with E-state index in [-0.39, 0.29) is 38.2 Å². The minimum Gasteiger partial charge on any atom is -0.480 e. The van der Waals surface area contributed by atoms with Gasteiger partial charge in [-0.25, -0.2) is 14.8 Å². The molecule has 0 aliphatic rings. The second-order valence-corrected chi connectivity index (χ2v) is 10.7. The Hall–Kier alpha value is -5.71. The Morgan fingerprint density at radius 2 is 1.41 bits per heavy atom. The fourth-order valence-corrected chi connectivity index (χ4v) is 4.85. The van der Waals surface area contributed by atoms with Crippen molar-refractivity contribution in [1.82, 2.24) is 40.9 Å². The van der Waals surface area contributed by atoms with Gasteiger partial charge in [-0.3, -0.25) is 19.4 Å². The zero-order valence-corrected chi connectivity index (χ0v) is 24.9. The predicted octanol–water partition coefficient (Wildman–Crippen LogP) is -1.44. The van der Waals surface area contributed by atoms with Gasteiger partial charge in [0.15, 0.2) is 5.96 Å². The van der Waals surface area contributed by atoms with Gasteiger partial charge in [0.05, 0.1) is 18.7 Å². The highest BCUT2D eigenvalue weighted by atomic mass is 16.4. The summed E-state index contributed by atoms with van der Waals surface area (Å²) in [4.78, 5) is 73.1. The van der Waals surface area contributed by atoms with E-state index in [9.17, 15) is 24.3 Å². The number of carboxylic acid groups (broad SMARTS) is 1. The maximum absolute atomic E-state index is 13.7. The molecule has 0 radical (unpaired) electrons. The van der Waals surface area contributed by atoms with E-state index in [2.05, 4.69) is 45.9 Å². The number of para-hydroxylation sites is 1. The first-order valence-corrected chi connectivity index (χ1v) is 14.5. The summed E-state index contributed by atoms with van der Waals surface area (Å²) in [5, 5.41) is 18.7. The molecule has 17 heteroatoms. The van der Waals surface area contributed by atoms with Crippen molar-refractivity contribution in [2.45, 2.75) is 56.3 Å². The number of carbonyl (C=O) groups excluding carboxylic acids is 3. The van der Waals surface area contributed by atoms with Gasteiger partial charge in [-0.15, -0.1) is 0 Å². The van der Waals surface area contributed by atoms with Crippen molar-refractivity contribution in [3.63, 3.8) is 0 Å². The SMILES string of the molecule is NC(N)=NCCCC(N)C(=O)NC(Cc1cnc[nH]1)C(=O)NC(Cc1cnc[nH]1)C(=O)NC(Cc1c[nH]c2ccccc12)C(=O)O. The number of nitrogens with zero attached hydrogens (tertiary/aromatic N) is 3. The van der Waals surface area contributed by atoms with Crippen LogP contribution >= 0.6 is 0 Å². The lowest BCUT2D eigenvalue weighted by molar-refractivity contribution is -0.142. The molecule has 3 heterocycles. The van der Waals surface area contributed by atoms with Gasteiger partial charge in [-0.1, -0.05) is 18.2 Å². The van der Waals surface area contributed by atoms with E-state index in [4.69, 9.17) is 17.2 Å². The van der Waals surface area contributed by atoms with Crippen molar-refractivity contribution < 1.29 is 24.3 Å². The number of carbonyl (C=O) groups is 4. The lowest BCUT2D eigenvalue weighted by atomic mass is 10.0. The molecule has 244 valence electrons. The fourth-order valence-electron chi connectivity index (χ4n) is 4.85. The summed E-state index contributed by atoms with van der Waals surface area (Å²) in [6, 6.07) is 2.76. The number of imidazole rings is 2. The Balaban J connectivity index is 1.49. The quantitative estimate of drug-likeness (QED) is 0.0367. The summed E-state index contributed by atoms with van der Waals surface area (Å²) in [6.45, 7) is 0.281. The number of nitrogens with one attached hydrogen (secondary N) is 6. The largest absolute Gasteiger partial charge is 0.480 e. The molecule has 4 aromatic rings. The molecule has 0 fully saturated rings. The molecule has 4 unspecified atom stereocenters. The first kappa shape index (κ1) is 33.2. The van der Waals surface area contributed by atoms with Crippen LogP contribution in [0.15, 0.2) is 60.5 Å². The highest BCUT2D eigenvalue weighted by Gasteiger charge is 2.31. The van der Waals surface area contributed by atoms with Gasteiger partial charge in [0.1, 0.15) is 18.1 Å². The van der Waals surface area contributed by atoms with Crippen molar-refractivity contribution in [2.75, 3.05) is 6.54 Å². The molecular weight excluding hydrogens is 596 g/mol. The van der Waals surface area contributed by atoms with Crippen LogP contribution in [0.25, 0.3) is 10.9 Å². The predicted molar refractivity (Wildman–Crippen MR) is 168 cm³/mol. The lowest BCUT2D eigenvalue weighted by Gasteiger charge is -2.25. The number of aliphatic imine (C=N–C) groups is 1. The second-order valence-electron chi connectivity index (χ2n) is 10.7. The standard InChI is InChI=1S/C29H38N12O5/c30-20(5-3-7-35-29(31)32)25(42)39-22(9-17-12-33-14-37-17)26(43)40-23(10-18-13-34-15-38-18)27(44)41-24(28(45)46)8-16-11-36-21-6-2-1-4-19(16)21/h1-2,4,6,11-15,20,22-24,36H,3,5,7-10,30H2,(H,33,37)(H,34,38)(H,39,42)(H,40,43)(H,41,44)(H,45,46)(H4,31,32,35).